The van der Waals surface area contributed by atoms with E-state index in [2.05, 4.69) is 0 Å². The molecule has 0 aliphatic rings. The molecule has 0 bridgehead atoms. The van der Waals surface area contributed by atoms with E-state index in [-0.39, 0.29) is 49.6 Å². The van der Waals surface area contributed by atoms with Gasteiger partial charge in [0.15, 0.2) is 23.1 Å². The number of hydrogen-bond donors (Lipinski definition) is 0. The third kappa shape index (κ3) is 9.54. The van der Waals surface area contributed by atoms with Crippen LogP contribution in [0.4, 0.5) is 0 Å². The SMILES string of the molecule is CC(=O)c1ccc(OCc2cc(COc3ccc(C(C)=O)cc3)c(COc3ccc(C(C)=O)cc3)cc2COc2ccc(C(C)=O)cc2)cc1. The first-order chi connectivity index (χ1) is 24.0. The monoisotopic (exact) mass is 670 g/mol. The van der Waals surface area contributed by atoms with Crippen molar-refractivity contribution in [3.8, 4) is 23.0 Å². The van der Waals surface area contributed by atoms with Crippen LogP contribution in [0.5, 0.6) is 23.0 Å². The number of hydrogen-bond acceptors (Lipinski definition) is 8. The molecule has 0 atom stereocenters. The molecule has 0 radical (unpaired) electrons. The summed E-state index contributed by atoms with van der Waals surface area (Å²) in [6.45, 7) is 6.88. The molecule has 5 rings (SSSR count). The maximum Gasteiger partial charge on any atom is 0.159 e. The number of ether oxygens (including phenoxy) is 4. The van der Waals surface area contributed by atoms with E-state index in [0.29, 0.717) is 45.3 Å². The average molecular weight is 671 g/mol. The Labute approximate surface area is 291 Å². The maximum atomic E-state index is 11.8. The first kappa shape index (κ1) is 35.3. The van der Waals surface area contributed by atoms with Crippen LogP contribution in [0.25, 0.3) is 0 Å². The molecule has 0 aromatic heterocycles. The Morgan fingerprint density at radius 2 is 0.520 bits per heavy atom. The number of rotatable bonds is 16. The zero-order valence-electron chi connectivity index (χ0n) is 28.5. The topological polar surface area (TPSA) is 105 Å². The van der Waals surface area contributed by atoms with E-state index in [4.69, 9.17) is 18.9 Å². The Kier molecular flexibility index (Phi) is 11.6. The second kappa shape index (κ2) is 16.4. The Bertz CT molecular complexity index is 1690. The molecular weight excluding hydrogens is 632 g/mol. The molecule has 0 heterocycles. The third-order valence-corrected chi connectivity index (χ3v) is 8.14. The molecular formula is C42H38O8. The van der Waals surface area contributed by atoms with Crippen LogP contribution in [0.1, 0.15) is 91.4 Å². The highest BCUT2D eigenvalue weighted by Gasteiger charge is 2.15. The standard InChI is InChI=1S/C42H38O8/c1-27(43)31-5-13-39(14-6-31)47-23-35-21-37(25-49-41-17-9-33(10-18-41)29(3)45)38(26-50-42-19-11-34(12-20-42)30(4)46)22-36(35)24-48-40-15-7-32(8-16-40)28(2)44/h5-22H,23-26H2,1-4H3. The minimum atomic E-state index is -0.0273. The second-order valence-electron chi connectivity index (χ2n) is 11.9. The molecule has 5 aromatic carbocycles. The summed E-state index contributed by atoms with van der Waals surface area (Å²) in [5.74, 6) is 2.30. The predicted octanol–water partition coefficient (Wildman–Crippen LogP) is 8.81. The quantitative estimate of drug-likeness (QED) is 0.0960. The fraction of sp³-hybridized carbons (Fsp3) is 0.190. The van der Waals surface area contributed by atoms with Crippen LogP contribution in [-0.4, -0.2) is 23.1 Å². The van der Waals surface area contributed by atoms with Gasteiger partial charge in [-0.25, -0.2) is 0 Å². The van der Waals surface area contributed by atoms with Crippen molar-refractivity contribution in [2.45, 2.75) is 54.1 Å². The molecule has 8 nitrogen and oxygen atoms in total. The third-order valence-electron chi connectivity index (χ3n) is 8.14. The number of carbonyl (C=O) groups excluding carboxylic acids is 4. The average Bonchev–Trinajstić information content (AvgIpc) is 3.12. The molecule has 0 aliphatic carbocycles. The summed E-state index contributed by atoms with van der Waals surface area (Å²) in [5.41, 5.74) is 5.78. The summed E-state index contributed by atoms with van der Waals surface area (Å²) in [6.07, 6.45) is 0. The van der Waals surface area contributed by atoms with Gasteiger partial charge in [0.2, 0.25) is 0 Å². The Morgan fingerprint density at radius 3 is 0.680 bits per heavy atom. The van der Waals surface area contributed by atoms with Crippen molar-refractivity contribution in [3.63, 3.8) is 0 Å². The Morgan fingerprint density at radius 1 is 0.340 bits per heavy atom. The molecule has 50 heavy (non-hydrogen) atoms. The minimum Gasteiger partial charge on any atom is -0.489 e. The lowest BCUT2D eigenvalue weighted by Gasteiger charge is -2.19. The summed E-state index contributed by atoms with van der Waals surface area (Å²) >= 11 is 0. The number of benzene rings is 5. The van der Waals surface area contributed by atoms with E-state index in [1.807, 2.05) is 12.1 Å². The maximum absolute atomic E-state index is 11.8. The van der Waals surface area contributed by atoms with Crippen molar-refractivity contribution in [2.75, 3.05) is 0 Å². The van der Waals surface area contributed by atoms with E-state index in [0.717, 1.165) is 22.3 Å². The lowest BCUT2D eigenvalue weighted by molar-refractivity contribution is 0.100. The molecule has 0 N–H and O–H groups in total. The molecule has 0 saturated heterocycles. The molecule has 0 amide bonds. The molecule has 0 saturated carbocycles. The smallest absolute Gasteiger partial charge is 0.159 e. The number of carbonyl (C=O) groups is 4. The highest BCUT2D eigenvalue weighted by Crippen LogP contribution is 2.26. The molecule has 0 spiro atoms. The van der Waals surface area contributed by atoms with Gasteiger partial charge in [-0.15, -0.1) is 0 Å². The molecule has 0 fully saturated rings. The van der Waals surface area contributed by atoms with E-state index in [9.17, 15) is 19.2 Å². The van der Waals surface area contributed by atoms with Crippen LogP contribution in [0.3, 0.4) is 0 Å². The highest BCUT2D eigenvalue weighted by molar-refractivity contribution is 5.95. The first-order valence-corrected chi connectivity index (χ1v) is 16.1. The van der Waals surface area contributed by atoms with Gasteiger partial charge in [0.05, 0.1) is 0 Å². The molecule has 8 heteroatoms. The van der Waals surface area contributed by atoms with Crippen molar-refractivity contribution >= 4 is 23.1 Å². The largest absolute Gasteiger partial charge is 0.489 e. The fourth-order valence-electron chi connectivity index (χ4n) is 5.12. The van der Waals surface area contributed by atoms with Gasteiger partial charge in [-0.3, -0.25) is 19.2 Å². The van der Waals surface area contributed by atoms with Crippen molar-refractivity contribution in [1.29, 1.82) is 0 Å². The first-order valence-electron chi connectivity index (χ1n) is 16.1. The van der Waals surface area contributed by atoms with Gasteiger partial charge in [-0.2, -0.15) is 0 Å². The summed E-state index contributed by atoms with van der Waals surface area (Å²) < 4.78 is 24.7. The van der Waals surface area contributed by atoms with Gasteiger partial charge < -0.3 is 18.9 Å². The molecule has 5 aromatic rings. The van der Waals surface area contributed by atoms with Crippen molar-refractivity contribution < 1.29 is 38.1 Å². The van der Waals surface area contributed by atoms with Gasteiger partial charge in [-0.1, -0.05) is 0 Å². The minimum absolute atomic E-state index is 0.0273. The van der Waals surface area contributed by atoms with Crippen LogP contribution in [0, 0.1) is 0 Å². The van der Waals surface area contributed by atoms with E-state index in [1.165, 1.54) is 27.7 Å². The van der Waals surface area contributed by atoms with Crippen molar-refractivity contribution in [1.82, 2.24) is 0 Å². The Balaban J connectivity index is 1.45. The van der Waals surface area contributed by atoms with E-state index >= 15 is 0 Å². The molecule has 0 unspecified atom stereocenters. The lowest BCUT2D eigenvalue weighted by Crippen LogP contribution is -2.11. The second-order valence-corrected chi connectivity index (χ2v) is 11.9. The van der Waals surface area contributed by atoms with Gasteiger partial charge in [-0.05, 0) is 159 Å². The Hall–Kier alpha value is -6.02. The van der Waals surface area contributed by atoms with Gasteiger partial charge in [0, 0.05) is 22.3 Å². The van der Waals surface area contributed by atoms with Gasteiger partial charge in [0.25, 0.3) is 0 Å². The van der Waals surface area contributed by atoms with Crippen molar-refractivity contribution in [3.05, 3.63) is 154 Å². The summed E-state index contributed by atoms with van der Waals surface area (Å²) in [5, 5.41) is 0. The normalized spacial score (nSPS) is 10.6. The predicted molar refractivity (Wildman–Crippen MR) is 190 cm³/mol. The van der Waals surface area contributed by atoms with Crippen molar-refractivity contribution in [2.24, 2.45) is 0 Å². The molecule has 254 valence electrons. The molecule has 0 aliphatic heterocycles. The summed E-state index contributed by atoms with van der Waals surface area (Å²) in [7, 11) is 0. The van der Waals surface area contributed by atoms with Crippen LogP contribution >= 0.6 is 0 Å². The highest BCUT2D eigenvalue weighted by atomic mass is 16.5. The van der Waals surface area contributed by atoms with E-state index in [1.54, 1.807) is 97.1 Å². The summed E-state index contributed by atoms with van der Waals surface area (Å²) in [4.78, 5) is 47.1. The van der Waals surface area contributed by atoms with Crippen LogP contribution in [-0.2, 0) is 26.4 Å². The number of Topliss-reactive ketones (excluding diaryl/α,β-unsaturated/α-hetero) is 4. The van der Waals surface area contributed by atoms with Gasteiger partial charge >= 0.3 is 0 Å². The fourth-order valence-corrected chi connectivity index (χ4v) is 5.12. The van der Waals surface area contributed by atoms with Gasteiger partial charge in [0.1, 0.15) is 49.4 Å². The van der Waals surface area contributed by atoms with Crippen LogP contribution < -0.4 is 18.9 Å². The number of ketones is 4. The van der Waals surface area contributed by atoms with E-state index < -0.39 is 0 Å². The lowest BCUT2D eigenvalue weighted by atomic mass is 9.99. The van der Waals surface area contributed by atoms with Crippen LogP contribution in [0.2, 0.25) is 0 Å². The zero-order chi connectivity index (χ0) is 35.6. The zero-order valence-corrected chi connectivity index (χ0v) is 28.5. The van der Waals surface area contributed by atoms with Crippen LogP contribution in [0.15, 0.2) is 109 Å². The summed E-state index contributed by atoms with van der Waals surface area (Å²) in [6, 6.07) is 31.9.